The van der Waals surface area contributed by atoms with E-state index in [2.05, 4.69) is 12.2 Å². The zero-order valence-electron chi connectivity index (χ0n) is 14.2. The summed E-state index contributed by atoms with van der Waals surface area (Å²) in [6, 6.07) is 3.88. The van der Waals surface area contributed by atoms with Gasteiger partial charge in [-0.1, -0.05) is 31.4 Å². The Bertz CT molecular complexity index is 762. The summed E-state index contributed by atoms with van der Waals surface area (Å²) >= 11 is 5.94. The maximum Gasteiger partial charge on any atom is 0.340 e. The molecule has 0 spiro atoms. The molecule has 8 heteroatoms. The smallest absolute Gasteiger partial charge is 0.340 e. The molecule has 138 valence electrons. The molecule has 1 aliphatic carbocycles. The average Bonchev–Trinajstić information content (AvgIpc) is 2.54. The number of ether oxygens (including phenoxy) is 1. The lowest BCUT2D eigenvalue weighted by Crippen LogP contribution is -2.42. The van der Waals surface area contributed by atoms with Crippen LogP contribution in [-0.4, -0.2) is 39.2 Å². The topological polar surface area (TPSA) is 89.5 Å². The maximum absolute atomic E-state index is 12.1. The molecule has 2 atom stereocenters. The lowest BCUT2D eigenvalue weighted by molar-refractivity contribution is -0.125. The van der Waals surface area contributed by atoms with Crippen LogP contribution in [0.5, 0.6) is 0 Å². The molecule has 0 bridgehead atoms. The molecule has 0 saturated heterocycles. The Morgan fingerprint density at radius 1 is 1.28 bits per heavy atom. The number of hydrogen-bond donors (Lipinski definition) is 1. The summed E-state index contributed by atoms with van der Waals surface area (Å²) in [4.78, 5) is 24.1. The van der Waals surface area contributed by atoms with Gasteiger partial charge in [0.2, 0.25) is 0 Å². The third-order valence-corrected chi connectivity index (χ3v) is 5.82. The third kappa shape index (κ3) is 5.44. The highest BCUT2D eigenvalue weighted by atomic mass is 35.5. The van der Waals surface area contributed by atoms with Crippen molar-refractivity contribution in [1.82, 2.24) is 5.32 Å². The van der Waals surface area contributed by atoms with Gasteiger partial charge in [-0.25, -0.2) is 13.2 Å². The predicted octanol–water partition coefficient (Wildman–Crippen LogP) is 2.60. The largest absolute Gasteiger partial charge is 0.452 e. The normalized spacial score (nSPS) is 20.8. The van der Waals surface area contributed by atoms with Crippen molar-refractivity contribution in [2.45, 2.75) is 43.5 Å². The molecule has 0 aliphatic heterocycles. The van der Waals surface area contributed by atoms with Crippen LogP contribution in [0.15, 0.2) is 23.1 Å². The van der Waals surface area contributed by atoms with Crippen LogP contribution in [0, 0.1) is 5.92 Å². The lowest BCUT2D eigenvalue weighted by atomic mass is 9.86. The van der Waals surface area contributed by atoms with Gasteiger partial charge < -0.3 is 10.1 Å². The van der Waals surface area contributed by atoms with Crippen molar-refractivity contribution < 1.29 is 22.7 Å². The number of sulfone groups is 1. The van der Waals surface area contributed by atoms with Crippen molar-refractivity contribution in [3.63, 3.8) is 0 Å². The van der Waals surface area contributed by atoms with E-state index in [9.17, 15) is 18.0 Å². The van der Waals surface area contributed by atoms with E-state index in [4.69, 9.17) is 16.3 Å². The Kier molecular flexibility index (Phi) is 6.46. The van der Waals surface area contributed by atoms with Gasteiger partial charge in [-0.15, -0.1) is 0 Å². The summed E-state index contributed by atoms with van der Waals surface area (Å²) in [7, 11) is -3.48. The number of amides is 1. The number of carbonyl (C=O) groups excluding carboxylic acids is 2. The van der Waals surface area contributed by atoms with Crippen LogP contribution in [0.25, 0.3) is 0 Å². The molecule has 1 aromatic rings. The van der Waals surface area contributed by atoms with Crippen molar-refractivity contribution in [2.24, 2.45) is 5.92 Å². The SMILES string of the molecule is C[C@@H]1CCCC[C@@H]1NC(=O)COC(=O)c1cc(S(C)(=O)=O)ccc1Cl. The second kappa shape index (κ2) is 8.19. The van der Waals surface area contributed by atoms with Gasteiger partial charge in [-0.2, -0.15) is 0 Å². The van der Waals surface area contributed by atoms with Crippen LogP contribution in [0.3, 0.4) is 0 Å². The molecule has 1 saturated carbocycles. The van der Waals surface area contributed by atoms with Gasteiger partial charge in [0.25, 0.3) is 5.91 Å². The van der Waals surface area contributed by atoms with Gasteiger partial charge in [0.05, 0.1) is 15.5 Å². The van der Waals surface area contributed by atoms with Crippen molar-refractivity contribution in [2.75, 3.05) is 12.9 Å². The summed E-state index contributed by atoms with van der Waals surface area (Å²) in [6.45, 7) is 1.66. The molecule has 1 aromatic carbocycles. The van der Waals surface area contributed by atoms with Crippen LogP contribution in [0.1, 0.15) is 43.0 Å². The second-order valence-electron chi connectivity index (χ2n) is 6.43. The van der Waals surface area contributed by atoms with Crippen molar-refractivity contribution in [1.29, 1.82) is 0 Å². The molecule has 1 fully saturated rings. The monoisotopic (exact) mass is 387 g/mol. The first-order valence-corrected chi connectivity index (χ1v) is 10.4. The van der Waals surface area contributed by atoms with E-state index in [-0.39, 0.29) is 27.4 Å². The van der Waals surface area contributed by atoms with Gasteiger partial charge in [0, 0.05) is 12.3 Å². The second-order valence-corrected chi connectivity index (χ2v) is 8.85. The Morgan fingerprint density at radius 3 is 2.60 bits per heavy atom. The number of halogens is 1. The van der Waals surface area contributed by atoms with Gasteiger partial charge >= 0.3 is 5.97 Å². The van der Waals surface area contributed by atoms with Crippen LogP contribution >= 0.6 is 11.6 Å². The molecule has 0 unspecified atom stereocenters. The Balaban J connectivity index is 1.97. The van der Waals surface area contributed by atoms with Gasteiger partial charge in [-0.3, -0.25) is 4.79 Å². The predicted molar refractivity (Wildman–Crippen MR) is 94.4 cm³/mol. The molecule has 25 heavy (non-hydrogen) atoms. The van der Waals surface area contributed by atoms with Crippen molar-refractivity contribution in [3.05, 3.63) is 28.8 Å². The molecular formula is C17H22ClNO5S. The van der Waals surface area contributed by atoms with Crippen molar-refractivity contribution >= 4 is 33.3 Å². The van der Waals surface area contributed by atoms with E-state index >= 15 is 0 Å². The maximum atomic E-state index is 12.1. The summed E-state index contributed by atoms with van der Waals surface area (Å²) < 4.78 is 28.1. The first-order valence-electron chi connectivity index (χ1n) is 8.14. The van der Waals surface area contributed by atoms with Crippen LogP contribution in [0.4, 0.5) is 0 Å². The zero-order valence-corrected chi connectivity index (χ0v) is 15.8. The molecule has 1 aliphatic rings. The molecule has 6 nitrogen and oxygen atoms in total. The van der Waals surface area contributed by atoms with E-state index in [1.807, 2.05) is 0 Å². The zero-order chi connectivity index (χ0) is 18.6. The quantitative estimate of drug-likeness (QED) is 0.784. The van der Waals surface area contributed by atoms with E-state index in [0.717, 1.165) is 38.0 Å². The standard InChI is InChI=1S/C17H22ClNO5S/c1-11-5-3-4-6-15(11)19-16(20)10-24-17(21)13-9-12(25(2,22)23)7-8-14(13)18/h7-9,11,15H,3-6,10H2,1-2H3,(H,19,20)/t11-,15+/m1/s1. The summed E-state index contributed by atoms with van der Waals surface area (Å²) in [5.41, 5.74) is -0.0802. The molecule has 0 heterocycles. The highest BCUT2D eigenvalue weighted by Crippen LogP contribution is 2.24. The average molecular weight is 388 g/mol. The van der Waals surface area contributed by atoms with Gasteiger partial charge in [0.1, 0.15) is 0 Å². The van der Waals surface area contributed by atoms with E-state index in [1.165, 1.54) is 12.1 Å². The molecule has 1 N–H and O–H groups in total. The number of benzene rings is 1. The van der Waals surface area contributed by atoms with Crippen LogP contribution in [0.2, 0.25) is 5.02 Å². The molecule has 2 rings (SSSR count). The summed E-state index contributed by atoms with van der Waals surface area (Å²) in [5, 5.41) is 2.95. The van der Waals surface area contributed by atoms with Crippen molar-refractivity contribution in [3.8, 4) is 0 Å². The number of esters is 1. The minimum absolute atomic E-state index is 0.0377. The fraction of sp³-hybridized carbons (Fsp3) is 0.529. The molecule has 0 radical (unpaired) electrons. The number of hydrogen-bond acceptors (Lipinski definition) is 5. The van der Waals surface area contributed by atoms with E-state index in [0.29, 0.717) is 5.92 Å². The van der Waals surface area contributed by atoms with Gasteiger partial charge in [-0.05, 0) is 37.0 Å². The van der Waals surface area contributed by atoms with Crippen LogP contribution < -0.4 is 5.32 Å². The molecule has 1 amide bonds. The molecule has 0 aromatic heterocycles. The Morgan fingerprint density at radius 2 is 1.96 bits per heavy atom. The fourth-order valence-electron chi connectivity index (χ4n) is 2.88. The highest BCUT2D eigenvalue weighted by Gasteiger charge is 2.23. The first-order chi connectivity index (χ1) is 11.7. The fourth-order valence-corrected chi connectivity index (χ4v) is 3.72. The lowest BCUT2D eigenvalue weighted by Gasteiger charge is -2.29. The molecular weight excluding hydrogens is 366 g/mol. The third-order valence-electron chi connectivity index (χ3n) is 4.38. The number of carbonyl (C=O) groups is 2. The summed E-state index contributed by atoms with van der Waals surface area (Å²) in [5.74, 6) is -0.806. The number of rotatable bonds is 5. The minimum Gasteiger partial charge on any atom is -0.452 e. The van der Waals surface area contributed by atoms with Crippen LogP contribution in [-0.2, 0) is 19.4 Å². The number of nitrogens with one attached hydrogen (secondary N) is 1. The van der Waals surface area contributed by atoms with Gasteiger partial charge in [0.15, 0.2) is 16.4 Å². The Hall–Kier alpha value is -1.60. The van der Waals surface area contributed by atoms with E-state index < -0.39 is 22.4 Å². The first kappa shape index (κ1) is 19.7. The van der Waals surface area contributed by atoms with E-state index in [1.54, 1.807) is 0 Å². The summed E-state index contributed by atoms with van der Waals surface area (Å²) in [6.07, 6.45) is 5.26. The highest BCUT2D eigenvalue weighted by molar-refractivity contribution is 7.90. The minimum atomic E-state index is -3.48. The Labute approximate surface area is 152 Å².